The maximum absolute atomic E-state index is 13.0. The fraction of sp³-hybridized carbons (Fsp3) is 0.318. The molecule has 0 saturated carbocycles. The summed E-state index contributed by atoms with van der Waals surface area (Å²) in [4.78, 5) is 26.1. The second-order valence-corrected chi connectivity index (χ2v) is 7.11. The number of benzene rings is 2. The molecular formula is C22H23N3O3. The van der Waals surface area contributed by atoms with Crippen molar-refractivity contribution in [1.29, 1.82) is 0 Å². The van der Waals surface area contributed by atoms with Gasteiger partial charge in [0, 0.05) is 30.7 Å². The number of hydrogen-bond acceptors (Lipinski definition) is 4. The highest BCUT2D eigenvalue weighted by atomic mass is 16.5. The lowest BCUT2D eigenvalue weighted by Gasteiger charge is -2.25. The summed E-state index contributed by atoms with van der Waals surface area (Å²) in [6, 6.07) is 17.9. The molecule has 1 N–H and O–H groups in total. The molecular weight excluding hydrogens is 354 g/mol. The van der Waals surface area contributed by atoms with Crippen LogP contribution in [0.2, 0.25) is 0 Å². The third-order valence-corrected chi connectivity index (χ3v) is 5.12. The first-order valence-corrected chi connectivity index (χ1v) is 9.60. The van der Waals surface area contributed by atoms with Gasteiger partial charge in [-0.2, -0.15) is 5.10 Å². The second-order valence-electron chi connectivity index (χ2n) is 7.11. The summed E-state index contributed by atoms with van der Waals surface area (Å²) >= 11 is 0. The molecule has 0 spiro atoms. The average Bonchev–Trinajstić information content (AvgIpc) is 2.93. The van der Waals surface area contributed by atoms with Crippen molar-refractivity contribution in [3.05, 3.63) is 65.7 Å². The first-order chi connectivity index (χ1) is 13.7. The van der Waals surface area contributed by atoms with Crippen LogP contribution in [0.25, 0.3) is 0 Å². The van der Waals surface area contributed by atoms with E-state index in [4.69, 9.17) is 4.74 Å². The first-order valence-electron chi connectivity index (χ1n) is 9.60. The molecule has 0 unspecified atom stereocenters. The normalized spacial score (nSPS) is 19.0. The van der Waals surface area contributed by atoms with Gasteiger partial charge in [0.1, 0.15) is 11.9 Å². The Hall–Kier alpha value is -3.15. The van der Waals surface area contributed by atoms with Gasteiger partial charge in [0.15, 0.2) is 0 Å². The van der Waals surface area contributed by atoms with Crippen molar-refractivity contribution in [2.24, 2.45) is 5.10 Å². The highest BCUT2D eigenvalue weighted by Gasteiger charge is 2.27. The number of amides is 2. The molecule has 1 atom stereocenters. The average molecular weight is 377 g/mol. The van der Waals surface area contributed by atoms with Crippen LogP contribution >= 0.6 is 0 Å². The van der Waals surface area contributed by atoms with Gasteiger partial charge >= 0.3 is 0 Å². The van der Waals surface area contributed by atoms with Gasteiger partial charge in [-0.05, 0) is 24.5 Å². The van der Waals surface area contributed by atoms with Crippen LogP contribution in [0.15, 0.2) is 59.7 Å². The second kappa shape index (κ2) is 8.25. The zero-order chi connectivity index (χ0) is 19.3. The summed E-state index contributed by atoms with van der Waals surface area (Å²) in [5.41, 5.74) is 5.43. The van der Waals surface area contributed by atoms with Crippen LogP contribution in [0.1, 0.15) is 42.9 Å². The Labute approximate surface area is 164 Å². The number of hydrazone groups is 1. The van der Waals surface area contributed by atoms with Gasteiger partial charge in [-0.3, -0.25) is 9.59 Å². The van der Waals surface area contributed by atoms with Crippen LogP contribution in [0, 0.1) is 0 Å². The SMILES string of the molecule is O=C1CCC(CCC(=O)N2Cc3ccccc3O[C@H](c3ccccc3)C2)=NN1. The highest BCUT2D eigenvalue weighted by molar-refractivity contribution is 5.94. The number of nitrogens with zero attached hydrogens (tertiary/aromatic N) is 2. The molecule has 4 rings (SSSR count). The van der Waals surface area contributed by atoms with Crippen LogP contribution in [0.4, 0.5) is 0 Å². The molecule has 2 aromatic rings. The fourth-order valence-corrected chi connectivity index (χ4v) is 3.54. The predicted molar refractivity (Wildman–Crippen MR) is 106 cm³/mol. The summed E-state index contributed by atoms with van der Waals surface area (Å²) in [6.45, 7) is 1.03. The van der Waals surface area contributed by atoms with Gasteiger partial charge in [0.25, 0.3) is 0 Å². The molecule has 0 aliphatic carbocycles. The third-order valence-electron chi connectivity index (χ3n) is 5.12. The molecule has 2 heterocycles. The molecule has 0 fully saturated rings. The van der Waals surface area contributed by atoms with E-state index in [2.05, 4.69) is 10.5 Å². The van der Waals surface area contributed by atoms with E-state index in [1.54, 1.807) is 0 Å². The van der Waals surface area contributed by atoms with Gasteiger partial charge in [-0.25, -0.2) is 5.43 Å². The van der Waals surface area contributed by atoms with Gasteiger partial charge in [-0.1, -0.05) is 48.5 Å². The van der Waals surface area contributed by atoms with E-state index in [9.17, 15) is 9.59 Å². The number of carbonyl (C=O) groups is 2. The van der Waals surface area contributed by atoms with Crippen LogP contribution < -0.4 is 10.2 Å². The van der Waals surface area contributed by atoms with Crippen molar-refractivity contribution in [1.82, 2.24) is 10.3 Å². The van der Waals surface area contributed by atoms with E-state index in [1.807, 2.05) is 59.5 Å². The molecule has 2 aromatic carbocycles. The monoisotopic (exact) mass is 377 g/mol. The molecule has 2 amide bonds. The standard InChI is InChI=1S/C22H23N3O3/c26-21-12-10-18(23-24-21)11-13-22(27)25-14-17-8-4-5-9-19(17)28-20(15-25)16-6-2-1-3-7-16/h1-9,20H,10-15H2,(H,24,26)/t20-/m0/s1. The smallest absolute Gasteiger partial charge is 0.240 e. The molecule has 28 heavy (non-hydrogen) atoms. The number of carbonyl (C=O) groups excluding carboxylic acids is 2. The maximum Gasteiger partial charge on any atom is 0.240 e. The molecule has 0 saturated heterocycles. The van der Waals surface area contributed by atoms with Gasteiger partial charge < -0.3 is 9.64 Å². The van der Waals surface area contributed by atoms with E-state index in [-0.39, 0.29) is 17.9 Å². The van der Waals surface area contributed by atoms with Gasteiger partial charge in [0.05, 0.1) is 6.54 Å². The fourth-order valence-electron chi connectivity index (χ4n) is 3.54. The van der Waals surface area contributed by atoms with E-state index < -0.39 is 0 Å². The largest absolute Gasteiger partial charge is 0.484 e. The summed E-state index contributed by atoms with van der Waals surface area (Å²) in [6.07, 6.45) is 1.79. The van der Waals surface area contributed by atoms with E-state index in [1.165, 1.54) is 0 Å². The molecule has 6 nitrogen and oxygen atoms in total. The number of hydrogen-bond donors (Lipinski definition) is 1. The van der Waals surface area contributed by atoms with Crippen LogP contribution in [0.5, 0.6) is 5.75 Å². The summed E-state index contributed by atoms with van der Waals surface area (Å²) in [7, 11) is 0. The summed E-state index contributed by atoms with van der Waals surface area (Å²) in [5, 5.41) is 4.07. The topological polar surface area (TPSA) is 71.0 Å². The Morgan fingerprint density at radius 1 is 1.11 bits per heavy atom. The molecule has 2 aliphatic rings. The summed E-state index contributed by atoms with van der Waals surface area (Å²) < 4.78 is 6.26. The van der Waals surface area contributed by atoms with E-state index in [0.29, 0.717) is 38.8 Å². The Morgan fingerprint density at radius 3 is 2.68 bits per heavy atom. The molecule has 6 heteroatoms. The van der Waals surface area contributed by atoms with Gasteiger partial charge in [-0.15, -0.1) is 0 Å². The lowest BCUT2D eigenvalue weighted by atomic mass is 10.1. The molecule has 2 aliphatic heterocycles. The Kier molecular flexibility index (Phi) is 5.37. The maximum atomic E-state index is 13.0. The first kappa shape index (κ1) is 18.2. The molecule has 0 bridgehead atoms. The quantitative estimate of drug-likeness (QED) is 0.889. The van der Waals surface area contributed by atoms with Crippen molar-refractivity contribution in [3.63, 3.8) is 0 Å². The highest BCUT2D eigenvalue weighted by Crippen LogP contribution is 2.31. The molecule has 144 valence electrons. The zero-order valence-corrected chi connectivity index (χ0v) is 15.6. The molecule has 0 radical (unpaired) electrons. The molecule has 0 aromatic heterocycles. The number of para-hydroxylation sites is 1. The third kappa shape index (κ3) is 4.22. The van der Waals surface area contributed by atoms with Gasteiger partial charge in [0.2, 0.25) is 11.8 Å². The van der Waals surface area contributed by atoms with Crippen LogP contribution in [-0.2, 0) is 16.1 Å². The van der Waals surface area contributed by atoms with Crippen LogP contribution in [-0.4, -0.2) is 29.0 Å². The lowest BCUT2D eigenvalue weighted by molar-refractivity contribution is -0.132. The Balaban J connectivity index is 1.50. The Bertz CT molecular complexity index is 895. The lowest BCUT2D eigenvalue weighted by Crippen LogP contribution is -2.34. The van der Waals surface area contributed by atoms with E-state index in [0.717, 1.165) is 22.6 Å². The van der Waals surface area contributed by atoms with Crippen LogP contribution in [0.3, 0.4) is 0 Å². The minimum atomic E-state index is -0.208. The van der Waals surface area contributed by atoms with E-state index >= 15 is 0 Å². The number of rotatable bonds is 4. The van der Waals surface area contributed by atoms with Crippen molar-refractivity contribution in [2.75, 3.05) is 6.54 Å². The number of ether oxygens (including phenoxy) is 1. The van der Waals surface area contributed by atoms with Crippen molar-refractivity contribution < 1.29 is 14.3 Å². The summed E-state index contributed by atoms with van der Waals surface area (Å²) in [5.74, 6) is 0.828. The van der Waals surface area contributed by atoms with Crippen molar-refractivity contribution >= 4 is 17.5 Å². The minimum Gasteiger partial charge on any atom is -0.484 e. The zero-order valence-electron chi connectivity index (χ0n) is 15.6. The van der Waals surface area contributed by atoms with Crippen molar-refractivity contribution in [3.8, 4) is 5.75 Å². The number of nitrogens with one attached hydrogen (secondary N) is 1. The predicted octanol–water partition coefficient (Wildman–Crippen LogP) is 3.20. The van der Waals surface area contributed by atoms with Crippen molar-refractivity contribution in [2.45, 2.75) is 38.3 Å². The Morgan fingerprint density at radius 2 is 1.89 bits per heavy atom. The minimum absolute atomic E-state index is 0.0675. The number of fused-ring (bicyclic) bond motifs is 1.